The van der Waals surface area contributed by atoms with E-state index in [2.05, 4.69) is 0 Å². The first-order chi connectivity index (χ1) is 13.0. The van der Waals surface area contributed by atoms with Crippen LogP contribution in [0.1, 0.15) is 13.8 Å². The number of imide groups is 1. The molecule has 0 atom stereocenters. The third kappa shape index (κ3) is 2.79. The number of nitrogens with zero attached hydrogens (tertiary/aromatic N) is 2. The van der Waals surface area contributed by atoms with Gasteiger partial charge in [0, 0.05) is 5.69 Å². The van der Waals surface area contributed by atoms with Gasteiger partial charge in [0.1, 0.15) is 5.54 Å². The SMILES string of the molecule is CC1(C)C(=O)N(c2ccccc2)C(=O)N1c1ccc(-c2ccccc2)cc1. The number of carbonyl (C=O) groups excluding carboxylic acids is 2. The molecule has 0 aromatic heterocycles. The minimum absolute atomic E-state index is 0.231. The fourth-order valence-electron chi connectivity index (χ4n) is 3.47. The molecule has 1 aliphatic rings. The second kappa shape index (κ2) is 6.40. The summed E-state index contributed by atoms with van der Waals surface area (Å²) in [6, 6.07) is 26.5. The van der Waals surface area contributed by atoms with Crippen molar-refractivity contribution in [1.82, 2.24) is 0 Å². The lowest BCUT2D eigenvalue weighted by Gasteiger charge is -2.27. The molecule has 27 heavy (non-hydrogen) atoms. The van der Waals surface area contributed by atoms with Gasteiger partial charge in [0.05, 0.1) is 5.69 Å². The van der Waals surface area contributed by atoms with Crippen LogP contribution in [-0.4, -0.2) is 17.5 Å². The van der Waals surface area contributed by atoms with Gasteiger partial charge in [-0.25, -0.2) is 9.69 Å². The maximum Gasteiger partial charge on any atom is 0.336 e. The van der Waals surface area contributed by atoms with Crippen LogP contribution in [0.2, 0.25) is 0 Å². The third-order valence-electron chi connectivity index (χ3n) is 4.92. The van der Waals surface area contributed by atoms with Crippen LogP contribution in [-0.2, 0) is 4.79 Å². The number of urea groups is 1. The van der Waals surface area contributed by atoms with Gasteiger partial charge in [-0.15, -0.1) is 0 Å². The van der Waals surface area contributed by atoms with Gasteiger partial charge in [-0.05, 0) is 49.2 Å². The molecule has 0 saturated carbocycles. The van der Waals surface area contributed by atoms with Crippen LogP contribution in [0.5, 0.6) is 0 Å². The Morgan fingerprint density at radius 1 is 0.630 bits per heavy atom. The molecule has 0 N–H and O–H groups in total. The molecule has 1 fully saturated rings. The lowest BCUT2D eigenvalue weighted by Crippen LogP contribution is -2.44. The van der Waals surface area contributed by atoms with Crippen LogP contribution in [0.4, 0.5) is 16.2 Å². The summed E-state index contributed by atoms with van der Waals surface area (Å²) in [5, 5.41) is 0. The molecule has 0 bridgehead atoms. The van der Waals surface area contributed by atoms with E-state index in [-0.39, 0.29) is 11.9 Å². The predicted octanol–water partition coefficient (Wildman–Crippen LogP) is 5.11. The average Bonchev–Trinajstić information content (AvgIpc) is 2.87. The van der Waals surface area contributed by atoms with E-state index in [1.165, 1.54) is 4.90 Å². The van der Waals surface area contributed by atoms with Crippen LogP contribution in [0, 0.1) is 0 Å². The molecule has 3 aromatic carbocycles. The van der Waals surface area contributed by atoms with E-state index >= 15 is 0 Å². The molecule has 1 aliphatic heterocycles. The second-order valence-corrected chi connectivity index (χ2v) is 7.07. The Bertz CT molecular complexity index is 980. The Balaban J connectivity index is 1.71. The number of hydrogen-bond acceptors (Lipinski definition) is 2. The molecule has 3 amide bonds. The molecule has 0 radical (unpaired) electrons. The summed E-state index contributed by atoms with van der Waals surface area (Å²) in [5.41, 5.74) is 2.51. The molecular formula is C23H20N2O2. The Hall–Kier alpha value is -3.40. The number of amides is 3. The molecule has 3 aromatic rings. The molecule has 4 rings (SSSR count). The lowest BCUT2D eigenvalue weighted by molar-refractivity contribution is -0.120. The topological polar surface area (TPSA) is 40.6 Å². The van der Waals surface area contributed by atoms with Crippen molar-refractivity contribution in [2.24, 2.45) is 0 Å². The summed E-state index contributed by atoms with van der Waals surface area (Å²) >= 11 is 0. The molecule has 4 nitrogen and oxygen atoms in total. The van der Waals surface area contributed by atoms with E-state index in [0.717, 1.165) is 11.1 Å². The molecule has 134 valence electrons. The van der Waals surface area contributed by atoms with E-state index in [1.807, 2.05) is 72.8 Å². The molecule has 1 heterocycles. The Morgan fingerprint density at radius 2 is 1.15 bits per heavy atom. The summed E-state index contributed by atoms with van der Waals surface area (Å²) in [4.78, 5) is 28.9. The minimum Gasteiger partial charge on any atom is -0.279 e. The first-order valence-corrected chi connectivity index (χ1v) is 8.89. The minimum atomic E-state index is -0.957. The lowest BCUT2D eigenvalue weighted by atomic mass is 10.0. The van der Waals surface area contributed by atoms with E-state index in [9.17, 15) is 9.59 Å². The zero-order valence-corrected chi connectivity index (χ0v) is 15.3. The molecule has 0 spiro atoms. The van der Waals surface area contributed by atoms with Crippen molar-refractivity contribution < 1.29 is 9.59 Å². The van der Waals surface area contributed by atoms with Crippen molar-refractivity contribution >= 4 is 23.3 Å². The highest BCUT2D eigenvalue weighted by molar-refractivity contribution is 6.30. The van der Waals surface area contributed by atoms with Gasteiger partial charge >= 0.3 is 6.03 Å². The normalized spacial score (nSPS) is 16.1. The maximum absolute atomic E-state index is 13.1. The van der Waals surface area contributed by atoms with Gasteiger partial charge in [0.25, 0.3) is 5.91 Å². The number of para-hydroxylation sites is 1. The second-order valence-electron chi connectivity index (χ2n) is 7.07. The van der Waals surface area contributed by atoms with Crippen LogP contribution in [0.3, 0.4) is 0 Å². The summed E-state index contributed by atoms with van der Waals surface area (Å²) in [6.07, 6.45) is 0. The van der Waals surface area contributed by atoms with Gasteiger partial charge < -0.3 is 0 Å². The van der Waals surface area contributed by atoms with Crippen molar-refractivity contribution in [3.05, 3.63) is 84.9 Å². The van der Waals surface area contributed by atoms with Crippen molar-refractivity contribution in [3.63, 3.8) is 0 Å². The van der Waals surface area contributed by atoms with Crippen LogP contribution < -0.4 is 9.80 Å². The van der Waals surface area contributed by atoms with Gasteiger partial charge in [-0.1, -0.05) is 60.7 Å². The van der Waals surface area contributed by atoms with Crippen molar-refractivity contribution in [2.45, 2.75) is 19.4 Å². The summed E-state index contributed by atoms with van der Waals surface area (Å²) in [7, 11) is 0. The van der Waals surface area contributed by atoms with E-state index in [0.29, 0.717) is 11.4 Å². The summed E-state index contributed by atoms with van der Waals surface area (Å²) in [5.74, 6) is -0.231. The monoisotopic (exact) mass is 356 g/mol. The summed E-state index contributed by atoms with van der Waals surface area (Å²) in [6.45, 7) is 3.56. The van der Waals surface area contributed by atoms with Crippen LogP contribution in [0.25, 0.3) is 11.1 Å². The number of hydrogen-bond donors (Lipinski definition) is 0. The van der Waals surface area contributed by atoms with Crippen LogP contribution >= 0.6 is 0 Å². The van der Waals surface area contributed by atoms with Gasteiger partial charge in [0.15, 0.2) is 0 Å². The van der Waals surface area contributed by atoms with E-state index in [1.54, 1.807) is 30.9 Å². The number of carbonyl (C=O) groups is 2. The Morgan fingerprint density at radius 3 is 1.74 bits per heavy atom. The first kappa shape index (κ1) is 17.0. The Labute approximate surface area is 158 Å². The Kier molecular flexibility index (Phi) is 4.04. The number of benzene rings is 3. The maximum atomic E-state index is 13.1. The largest absolute Gasteiger partial charge is 0.336 e. The number of rotatable bonds is 3. The highest BCUT2D eigenvalue weighted by Crippen LogP contribution is 2.36. The average molecular weight is 356 g/mol. The first-order valence-electron chi connectivity index (χ1n) is 8.89. The third-order valence-corrected chi connectivity index (χ3v) is 4.92. The van der Waals surface area contributed by atoms with Gasteiger partial charge in [-0.2, -0.15) is 0 Å². The van der Waals surface area contributed by atoms with Crippen molar-refractivity contribution in [2.75, 3.05) is 9.80 Å². The fraction of sp³-hybridized carbons (Fsp3) is 0.130. The zero-order valence-electron chi connectivity index (χ0n) is 15.3. The highest BCUT2D eigenvalue weighted by Gasteiger charge is 2.52. The summed E-state index contributed by atoms with van der Waals surface area (Å²) < 4.78 is 0. The predicted molar refractivity (Wildman–Crippen MR) is 108 cm³/mol. The standard InChI is InChI=1S/C23H20N2O2/c1-23(2)21(26)24(19-11-7-4-8-12-19)22(27)25(23)20-15-13-18(14-16-20)17-9-5-3-6-10-17/h3-16H,1-2H3. The van der Waals surface area contributed by atoms with Crippen molar-refractivity contribution in [3.8, 4) is 11.1 Å². The zero-order chi connectivity index (χ0) is 19.0. The van der Waals surface area contributed by atoms with E-state index < -0.39 is 5.54 Å². The molecule has 0 aliphatic carbocycles. The number of anilines is 2. The molecular weight excluding hydrogens is 336 g/mol. The molecule has 4 heteroatoms. The smallest absolute Gasteiger partial charge is 0.279 e. The van der Waals surface area contributed by atoms with Crippen LogP contribution in [0.15, 0.2) is 84.9 Å². The quantitative estimate of drug-likeness (QED) is 0.612. The fourth-order valence-corrected chi connectivity index (χ4v) is 3.47. The van der Waals surface area contributed by atoms with Gasteiger partial charge in [-0.3, -0.25) is 9.69 Å². The highest BCUT2D eigenvalue weighted by atomic mass is 16.2. The van der Waals surface area contributed by atoms with Crippen molar-refractivity contribution in [1.29, 1.82) is 0 Å². The van der Waals surface area contributed by atoms with Gasteiger partial charge in [0.2, 0.25) is 0 Å². The van der Waals surface area contributed by atoms with E-state index in [4.69, 9.17) is 0 Å². The molecule has 1 saturated heterocycles. The molecule has 0 unspecified atom stereocenters.